The SMILES string of the molecule is CNC(CN1CC(C(C)C)CC1=O)c1ccc(C)c(C)c1. The largest absolute Gasteiger partial charge is 0.340 e. The van der Waals surface area contributed by atoms with E-state index in [0.717, 1.165) is 13.1 Å². The third-order valence-electron chi connectivity index (χ3n) is 4.87. The number of rotatable bonds is 5. The van der Waals surface area contributed by atoms with Crippen LogP contribution < -0.4 is 5.32 Å². The Balaban J connectivity index is 2.09. The zero-order chi connectivity index (χ0) is 15.6. The zero-order valence-electron chi connectivity index (χ0n) is 13.9. The summed E-state index contributed by atoms with van der Waals surface area (Å²) in [4.78, 5) is 14.2. The first-order valence-corrected chi connectivity index (χ1v) is 7.94. The highest BCUT2D eigenvalue weighted by molar-refractivity contribution is 5.78. The summed E-state index contributed by atoms with van der Waals surface area (Å²) in [5.74, 6) is 1.39. The fourth-order valence-electron chi connectivity index (χ4n) is 2.99. The van der Waals surface area contributed by atoms with Crippen molar-refractivity contribution in [2.75, 3.05) is 20.1 Å². The molecule has 2 rings (SSSR count). The Morgan fingerprint density at radius 1 is 1.29 bits per heavy atom. The zero-order valence-corrected chi connectivity index (χ0v) is 13.9. The maximum atomic E-state index is 12.2. The second-order valence-corrected chi connectivity index (χ2v) is 6.69. The van der Waals surface area contributed by atoms with Crippen molar-refractivity contribution < 1.29 is 4.79 Å². The van der Waals surface area contributed by atoms with E-state index in [4.69, 9.17) is 0 Å². The molecular formula is C18H28N2O. The van der Waals surface area contributed by atoms with Gasteiger partial charge in [0.05, 0.1) is 0 Å². The number of carbonyl (C=O) groups is 1. The number of amides is 1. The van der Waals surface area contributed by atoms with Gasteiger partial charge < -0.3 is 10.2 Å². The van der Waals surface area contributed by atoms with Crippen molar-refractivity contribution in [3.63, 3.8) is 0 Å². The van der Waals surface area contributed by atoms with Crippen molar-refractivity contribution in [2.45, 2.75) is 40.2 Å². The minimum atomic E-state index is 0.208. The molecule has 0 aliphatic carbocycles. The number of benzene rings is 1. The molecule has 1 aromatic rings. The number of likely N-dealkylation sites (N-methyl/N-ethyl adjacent to an activating group) is 1. The highest BCUT2D eigenvalue weighted by Gasteiger charge is 2.32. The Morgan fingerprint density at radius 2 is 2.00 bits per heavy atom. The maximum Gasteiger partial charge on any atom is 0.222 e. The monoisotopic (exact) mass is 288 g/mol. The Morgan fingerprint density at radius 3 is 2.52 bits per heavy atom. The molecule has 1 aromatic carbocycles. The van der Waals surface area contributed by atoms with Gasteiger partial charge in [-0.15, -0.1) is 0 Å². The molecule has 0 bridgehead atoms. The molecule has 3 nitrogen and oxygen atoms in total. The second-order valence-electron chi connectivity index (χ2n) is 6.69. The molecule has 0 aromatic heterocycles. The average molecular weight is 288 g/mol. The molecule has 0 spiro atoms. The van der Waals surface area contributed by atoms with Gasteiger partial charge in [-0.05, 0) is 49.4 Å². The van der Waals surface area contributed by atoms with E-state index < -0.39 is 0 Å². The highest BCUT2D eigenvalue weighted by atomic mass is 16.2. The number of nitrogens with zero attached hydrogens (tertiary/aromatic N) is 1. The standard InChI is InChI=1S/C18H28N2O/c1-12(2)16-9-18(21)20(10-16)11-17(19-5)15-7-6-13(3)14(4)8-15/h6-8,12,16-17,19H,9-11H2,1-5H3. The molecule has 0 radical (unpaired) electrons. The first-order chi connectivity index (χ1) is 9.92. The van der Waals surface area contributed by atoms with Gasteiger partial charge in [0.1, 0.15) is 0 Å². The number of aryl methyl sites for hydroxylation is 2. The Bertz CT molecular complexity index is 510. The van der Waals surface area contributed by atoms with Gasteiger partial charge in [-0.25, -0.2) is 0 Å². The summed E-state index contributed by atoms with van der Waals surface area (Å²) < 4.78 is 0. The summed E-state index contributed by atoms with van der Waals surface area (Å²) in [6.07, 6.45) is 0.709. The first kappa shape index (κ1) is 16.0. The number of nitrogens with one attached hydrogen (secondary N) is 1. The molecule has 1 amide bonds. The second kappa shape index (κ2) is 6.61. The number of hydrogen-bond donors (Lipinski definition) is 1. The van der Waals surface area contributed by atoms with Gasteiger partial charge in [0.2, 0.25) is 5.91 Å². The molecule has 2 unspecified atom stereocenters. The van der Waals surface area contributed by atoms with E-state index in [2.05, 4.69) is 51.2 Å². The van der Waals surface area contributed by atoms with Gasteiger partial charge in [-0.1, -0.05) is 32.0 Å². The van der Waals surface area contributed by atoms with E-state index in [-0.39, 0.29) is 6.04 Å². The third-order valence-corrected chi connectivity index (χ3v) is 4.87. The summed E-state index contributed by atoms with van der Waals surface area (Å²) >= 11 is 0. The van der Waals surface area contributed by atoms with Crippen LogP contribution in [0.4, 0.5) is 0 Å². The molecule has 1 aliphatic rings. The Hall–Kier alpha value is -1.35. The molecular weight excluding hydrogens is 260 g/mol. The van der Waals surface area contributed by atoms with Crippen LogP contribution in [0.1, 0.15) is 43.0 Å². The van der Waals surface area contributed by atoms with Crippen LogP contribution in [0.15, 0.2) is 18.2 Å². The smallest absolute Gasteiger partial charge is 0.222 e. The first-order valence-electron chi connectivity index (χ1n) is 7.94. The van der Waals surface area contributed by atoms with Gasteiger partial charge in [0.25, 0.3) is 0 Å². The van der Waals surface area contributed by atoms with Crippen molar-refractivity contribution in [1.82, 2.24) is 10.2 Å². The lowest BCUT2D eigenvalue weighted by Gasteiger charge is -2.25. The van der Waals surface area contributed by atoms with Gasteiger partial charge >= 0.3 is 0 Å². The molecule has 0 saturated carbocycles. The molecule has 1 saturated heterocycles. The number of carbonyl (C=O) groups excluding carboxylic acids is 1. The van der Waals surface area contributed by atoms with Gasteiger partial charge in [0.15, 0.2) is 0 Å². The summed E-state index contributed by atoms with van der Waals surface area (Å²) in [6, 6.07) is 6.78. The maximum absolute atomic E-state index is 12.2. The van der Waals surface area contributed by atoms with Crippen LogP contribution in [0.5, 0.6) is 0 Å². The summed E-state index contributed by atoms with van der Waals surface area (Å²) in [5.41, 5.74) is 3.88. The Labute approximate surface area is 128 Å². The van der Waals surface area contributed by atoms with Crippen molar-refractivity contribution in [2.24, 2.45) is 11.8 Å². The van der Waals surface area contributed by atoms with Gasteiger partial charge in [0, 0.05) is 25.6 Å². The van der Waals surface area contributed by atoms with E-state index >= 15 is 0 Å². The van der Waals surface area contributed by atoms with Crippen molar-refractivity contribution in [1.29, 1.82) is 0 Å². The minimum absolute atomic E-state index is 0.208. The van der Waals surface area contributed by atoms with E-state index in [1.165, 1.54) is 16.7 Å². The van der Waals surface area contributed by atoms with E-state index in [9.17, 15) is 4.79 Å². The van der Waals surface area contributed by atoms with Crippen molar-refractivity contribution in [3.05, 3.63) is 34.9 Å². The molecule has 3 heteroatoms. The van der Waals surface area contributed by atoms with E-state index in [1.807, 2.05) is 11.9 Å². The fraction of sp³-hybridized carbons (Fsp3) is 0.611. The fourth-order valence-corrected chi connectivity index (χ4v) is 2.99. The lowest BCUT2D eigenvalue weighted by molar-refractivity contribution is -0.128. The van der Waals surface area contributed by atoms with Crippen LogP contribution in [0.2, 0.25) is 0 Å². The molecule has 1 aliphatic heterocycles. The van der Waals surface area contributed by atoms with Crippen LogP contribution in [0, 0.1) is 25.7 Å². The minimum Gasteiger partial charge on any atom is -0.340 e. The quantitative estimate of drug-likeness (QED) is 0.903. The van der Waals surface area contributed by atoms with E-state index in [1.54, 1.807) is 0 Å². The predicted molar refractivity (Wildman–Crippen MR) is 87.2 cm³/mol. The predicted octanol–water partition coefficient (Wildman–Crippen LogP) is 3.07. The lowest BCUT2D eigenvalue weighted by atomic mass is 9.95. The molecule has 1 N–H and O–H groups in total. The molecule has 116 valence electrons. The van der Waals surface area contributed by atoms with E-state index in [0.29, 0.717) is 24.2 Å². The van der Waals surface area contributed by atoms with Gasteiger partial charge in [-0.2, -0.15) is 0 Å². The van der Waals surface area contributed by atoms with Crippen LogP contribution in [-0.4, -0.2) is 30.9 Å². The topological polar surface area (TPSA) is 32.3 Å². The number of likely N-dealkylation sites (tertiary alicyclic amines) is 1. The molecule has 1 heterocycles. The normalized spacial score (nSPS) is 20.4. The molecule has 2 atom stereocenters. The van der Waals surface area contributed by atoms with Crippen molar-refractivity contribution in [3.8, 4) is 0 Å². The summed E-state index contributed by atoms with van der Waals surface area (Å²) in [5, 5.41) is 3.36. The molecule has 1 fully saturated rings. The molecule has 21 heavy (non-hydrogen) atoms. The van der Waals surface area contributed by atoms with Crippen molar-refractivity contribution >= 4 is 5.91 Å². The summed E-state index contributed by atoms with van der Waals surface area (Å²) in [7, 11) is 1.97. The van der Waals surface area contributed by atoms with Crippen LogP contribution in [0.3, 0.4) is 0 Å². The van der Waals surface area contributed by atoms with Crippen LogP contribution in [-0.2, 0) is 4.79 Å². The van der Waals surface area contributed by atoms with Crippen LogP contribution >= 0.6 is 0 Å². The highest BCUT2D eigenvalue weighted by Crippen LogP contribution is 2.27. The third kappa shape index (κ3) is 3.65. The summed E-state index contributed by atoms with van der Waals surface area (Å²) in [6.45, 7) is 10.4. The lowest BCUT2D eigenvalue weighted by Crippen LogP contribution is -2.35. The van der Waals surface area contributed by atoms with Crippen LogP contribution in [0.25, 0.3) is 0 Å². The average Bonchev–Trinajstić information content (AvgIpc) is 2.81. The Kier molecular flexibility index (Phi) is 5.04. The number of hydrogen-bond acceptors (Lipinski definition) is 2. The van der Waals surface area contributed by atoms with Gasteiger partial charge in [-0.3, -0.25) is 4.79 Å².